The second kappa shape index (κ2) is 9.03. The Morgan fingerprint density at radius 2 is 0.706 bits per heavy atom. The smallest absolute Gasteiger partial charge is 0.164 e. The Morgan fingerprint density at radius 1 is 0.382 bits per heavy atom. The van der Waals surface area contributed by atoms with Crippen LogP contribution in [0.1, 0.15) is 26.3 Å². The van der Waals surface area contributed by atoms with E-state index < -0.39 is 0 Å². The maximum Gasteiger partial charge on any atom is 0.164 e. The molecule has 0 saturated carbocycles. The third-order valence-electron chi connectivity index (χ3n) is 5.93. The molecular formula is C31H27N3. The fourth-order valence-electron chi connectivity index (χ4n) is 3.91. The molecule has 0 N–H and O–H groups in total. The van der Waals surface area contributed by atoms with Crippen LogP contribution >= 0.6 is 0 Å². The molecule has 166 valence electrons. The molecule has 3 heteroatoms. The van der Waals surface area contributed by atoms with Gasteiger partial charge < -0.3 is 0 Å². The lowest BCUT2D eigenvalue weighted by molar-refractivity contribution is 0.590. The third-order valence-corrected chi connectivity index (χ3v) is 5.93. The van der Waals surface area contributed by atoms with Crippen molar-refractivity contribution >= 4 is 0 Å². The Labute approximate surface area is 201 Å². The van der Waals surface area contributed by atoms with E-state index in [0.717, 1.165) is 16.7 Å². The van der Waals surface area contributed by atoms with Crippen molar-refractivity contribution in [2.45, 2.75) is 26.2 Å². The number of aromatic nitrogens is 3. The Kier molecular flexibility index (Phi) is 5.77. The van der Waals surface area contributed by atoms with E-state index in [2.05, 4.69) is 93.6 Å². The van der Waals surface area contributed by atoms with E-state index in [1.165, 1.54) is 16.7 Å². The average molecular weight is 442 g/mol. The first-order chi connectivity index (χ1) is 16.5. The zero-order valence-electron chi connectivity index (χ0n) is 19.7. The lowest BCUT2D eigenvalue weighted by Crippen LogP contribution is -2.10. The van der Waals surface area contributed by atoms with Crippen LogP contribution in [0.4, 0.5) is 0 Å². The van der Waals surface area contributed by atoms with E-state index in [0.29, 0.717) is 17.5 Å². The van der Waals surface area contributed by atoms with Crippen LogP contribution in [0.2, 0.25) is 0 Å². The van der Waals surface area contributed by atoms with Gasteiger partial charge in [-0.25, -0.2) is 15.0 Å². The topological polar surface area (TPSA) is 38.7 Å². The summed E-state index contributed by atoms with van der Waals surface area (Å²) < 4.78 is 0. The summed E-state index contributed by atoms with van der Waals surface area (Å²) in [5.41, 5.74) is 6.65. The van der Waals surface area contributed by atoms with Gasteiger partial charge in [0.15, 0.2) is 17.5 Å². The van der Waals surface area contributed by atoms with Gasteiger partial charge in [-0.1, -0.05) is 130 Å². The van der Waals surface area contributed by atoms with E-state index >= 15 is 0 Å². The number of nitrogens with zero attached hydrogens (tertiary/aromatic N) is 3. The summed E-state index contributed by atoms with van der Waals surface area (Å²) in [4.78, 5) is 14.5. The fraction of sp³-hybridized carbons (Fsp3) is 0.129. The standard InChI is InChI=1S/C31H27N3/c1-31(2,3)27-20-18-26(19-21-27)30-33-28(24-12-8-5-9-13-24)32-29(34-30)25-16-14-23(15-17-25)22-10-6-4-7-11-22/h4-21H,1-3H3. The predicted molar refractivity (Wildman–Crippen MR) is 140 cm³/mol. The molecule has 0 bridgehead atoms. The molecule has 5 aromatic rings. The van der Waals surface area contributed by atoms with Crippen molar-refractivity contribution < 1.29 is 0 Å². The number of hydrogen-bond acceptors (Lipinski definition) is 3. The summed E-state index contributed by atoms with van der Waals surface area (Å²) >= 11 is 0. The molecule has 0 aliphatic heterocycles. The van der Waals surface area contributed by atoms with E-state index in [-0.39, 0.29) is 5.41 Å². The molecule has 1 heterocycles. The van der Waals surface area contributed by atoms with Crippen LogP contribution in [-0.4, -0.2) is 15.0 Å². The van der Waals surface area contributed by atoms with Crippen molar-refractivity contribution in [3.63, 3.8) is 0 Å². The first-order valence-corrected chi connectivity index (χ1v) is 11.6. The molecule has 0 unspecified atom stereocenters. The van der Waals surface area contributed by atoms with Crippen molar-refractivity contribution in [2.24, 2.45) is 0 Å². The van der Waals surface area contributed by atoms with Gasteiger partial charge in [0.2, 0.25) is 0 Å². The molecule has 0 spiro atoms. The zero-order valence-corrected chi connectivity index (χ0v) is 19.7. The molecule has 0 aliphatic carbocycles. The Balaban J connectivity index is 1.58. The van der Waals surface area contributed by atoms with E-state index in [4.69, 9.17) is 15.0 Å². The summed E-state index contributed by atoms with van der Waals surface area (Å²) in [5, 5.41) is 0. The van der Waals surface area contributed by atoms with Crippen LogP contribution in [0.5, 0.6) is 0 Å². The lowest BCUT2D eigenvalue weighted by atomic mass is 9.87. The van der Waals surface area contributed by atoms with Gasteiger partial charge in [0.25, 0.3) is 0 Å². The van der Waals surface area contributed by atoms with Gasteiger partial charge in [-0.2, -0.15) is 0 Å². The zero-order chi connectivity index (χ0) is 23.5. The Morgan fingerprint density at radius 3 is 1.15 bits per heavy atom. The third kappa shape index (κ3) is 4.65. The van der Waals surface area contributed by atoms with Crippen LogP contribution in [0.15, 0.2) is 109 Å². The van der Waals surface area contributed by atoms with Crippen molar-refractivity contribution in [1.29, 1.82) is 0 Å². The highest BCUT2D eigenvalue weighted by atomic mass is 15.0. The minimum Gasteiger partial charge on any atom is -0.208 e. The Hall–Kier alpha value is -4.11. The van der Waals surface area contributed by atoms with Crippen LogP contribution < -0.4 is 0 Å². The molecule has 5 rings (SSSR count). The summed E-state index contributed by atoms with van der Waals surface area (Å²) in [6.45, 7) is 6.65. The van der Waals surface area contributed by atoms with Crippen molar-refractivity contribution in [1.82, 2.24) is 15.0 Å². The average Bonchev–Trinajstić information content (AvgIpc) is 2.89. The van der Waals surface area contributed by atoms with Gasteiger partial charge in [-0.05, 0) is 22.1 Å². The van der Waals surface area contributed by atoms with E-state index in [9.17, 15) is 0 Å². The molecule has 34 heavy (non-hydrogen) atoms. The number of hydrogen-bond donors (Lipinski definition) is 0. The highest BCUT2D eigenvalue weighted by Gasteiger charge is 2.15. The van der Waals surface area contributed by atoms with Crippen LogP contribution in [0.3, 0.4) is 0 Å². The second-order valence-electron chi connectivity index (χ2n) is 9.44. The van der Waals surface area contributed by atoms with Gasteiger partial charge in [0.1, 0.15) is 0 Å². The molecule has 3 nitrogen and oxygen atoms in total. The van der Waals surface area contributed by atoms with Gasteiger partial charge in [-0.3, -0.25) is 0 Å². The van der Waals surface area contributed by atoms with Crippen molar-refractivity contribution in [2.75, 3.05) is 0 Å². The highest BCUT2D eigenvalue weighted by Crippen LogP contribution is 2.28. The highest BCUT2D eigenvalue weighted by molar-refractivity contribution is 5.70. The minimum absolute atomic E-state index is 0.0957. The summed E-state index contributed by atoms with van der Waals surface area (Å²) in [5.74, 6) is 2.02. The SMILES string of the molecule is CC(C)(C)c1ccc(-c2nc(-c3ccccc3)nc(-c3ccc(-c4ccccc4)cc3)n2)cc1. The molecular weight excluding hydrogens is 414 g/mol. The van der Waals surface area contributed by atoms with E-state index in [1.54, 1.807) is 0 Å². The van der Waals surface area contributed by atoms with Crippen LogP contribution in [-0.2, 0) is 5.41 Å². The number of benzene rings is 4. The van der Waals surface area contributed by atoms with Gasteiger partial charge in [0, 0.05) is 16.7 Å². The Bertz CT molecular complexity index is 1380. The van der Waals surface area contributed by atoms with Crippen LogP contribution in [0, 0.1) is 0 Å². The van der Waals surface area contributed by atoms with Crippen molar-refractivity contribution in [3.8, 4) is 45.3 Å². The summed E-state index contributed by atoms with van der Waals surface area (Å²) in [6.07, 6.45) is 0. The van der Waals surface area contributed by atoms with Crippen molar-refractivity contribution in [3.05, 3.63) is 115 Å². The second-order valence-corrected chi connectivity index (χ2v) is 9.44. The maximum atomic E-state index is 4.87. The van der Waals surface area contributed by atoms with Gasteiger partial charge in [-0.15, -0.1) is 0 Å². The largest absolute Gasteiger partial charge is 0.208 e. The molecule has 1 aromatic heterocycles. The first-order valence-electron chi connectivity index (χ1n) is 11.6. The fourth-order valence-corrected chi connectivity index (χ4v) is 3.91. The molecule has 0 radical (unpaired) electrons. The van der Waals surface area contributed by atoms with Gasteiger partial charge in [0.05, 0.1) is 0 Å². The monoisotopic (exact) mass is 441 g/mol. The summed E-state index contributed by atoms with van der Waals surface area (Å²) in [6, 6.07) is 37.4. The van der Waals surface area contributed by atoms with Crippen LogP contribution in [0.25, 0.3) is 45.3 Å². The lowest BCUT2D eigenvalue weighted by Gasteiger charge is -2.19. The molecule has 0 atom stereocenters. The minimum atomic E-state index is 0.0957. The molecule has 4 aromatic carbocycles. The number of rotatable bonds is 4. The summed E-state index contributed by atoms with van der Waals surface area (Å²) in [7, 11) is 0. The molecule has 0 fully saturated rings. The quantitative estimate of drug-likeness (QED) is 0.285. The predicted octanol–water partition coefficient (Wildman–Crippen LogP) is 7.84. The molecule has 0 saturated heterocycles. The van der Waals surface area contributed by atoms with Gasteiger partial charge >= 0.3 is 0 Å². The maximum absolute atomic E-state index is 4.87. The van der Waals surface area contributed by atoms with E-state index in [1.807, 2.05) is 36.4 Å². The normalized spacial score (nSPS) is 11.4. The molecule has 0 aliphatic rings. The molecule has 0 amide bonds. The first kappa shape index (κ1) is 21.7.